The first-order valence-electron chi connectivity index (χ1n) is 14.2. The molecule has 2 amide bonds. The van der Waals surface area contributed by atoms with Gasteiger partial charge in [0.1, 0.15) is 34.5 Å². The van der Waals surface area contributed by atoms with Crippen LogP contribution in [0.4, 0.5) is 5.82 Å². The number of Topliss-reactive ketones (excluding diaryl/α,β-unsaturated/α-hetero) is 1. The lowest BCUT2D eigenvalue weighted by atomic mass is 9.94. The second-order valence-electron chi connectivity index (χ2n) is 11.5. The summed E-state index contributed by atoms with van der Waals surface area (Å²) in [5.74, 6) is 0.532. The monoisotopic (exact) mass is 629 g/mol. The average Bonchev–Trinajstić information content (AvgIpc) is 3.36. The SMILES string of the molecule is CCCC12CC1N(C(=O)Cn1nc(C(C)=O)c3cc(-c4cnc(C)nc4)ccc31)[C@H](C(=O)Nc1nc(Br)ccc1C)C2. The fourth-order valence-corrected chi connectivity index (χ4v) is 6.71. The molecule has 6 rings (SSSR count). The van der Waals surface area contributed by atoms with Crippen LogP contribution in [-0.2, 0) is 16.1 Å². The van der Waals surface area contributed by atoms with Crippen molar-refractivity contribution in [2.24, 2.45) is 5.41 Å². The lowest BCUT2D eigenvalue weighted by Crippen LogP contribution is -2.47. The highest BCUT2D eigenvalue weighted by atomic mass is 79.9. The maximum atomic E-state index is 14.0. The molecule has 1 aromatic carbocycles. The van der Waals surface area contributed by atoms with E-state index in [9.17, 15) is 14.4 Å². The van der Waals surface area contributed by atoms with E-state index in [1.165, 1.54) is 6.92 Å². The predicted octanol–water partition coefficient (Wildman–Crippen LogP) is 5.27. The summed E-state index contributed by atoms with van der Waals surface area (Å²) in [5, 5.41) is 8.20. The van der Waals surface area contributed by atoms with Gasteiger partial charge in [0.2, 0.25) is 11.8 Å². The van der Waals surface area contributed by atoms with E-state index in [0.717, 1.165) is 36.0 Å². The fourth-order valence-electron chi connectivity index (χ4n) is 6.40. The Labute approximate surface area is 252 Å². The molecule has 216 valence electrons. The molecule has 0 bridgehead atoms. The van der Waals surface area contributed by atoms with E-state index < -0.39 is 6.04 Å². The van der Waals surface area contributed by atoms with Crippen molar-refractivity contribution in [1.29, 1.82) is 0 Å². The van der Waals surface area contributed by atoms with E-state index in [1.54, 1.807) is 22.0 Å². The van der Waals surface area contributed by atoms with Gasteiger partial charge in [0.05, 0.1) is 5.52 Å². The first-order chi connectivity index (χ1) is 20.1. The van der Waals surface area contributed by atoms with Crippen molar-refractivity contribution in [2.75, 3.05) is 5.32 Å². The van der Waals surface area contributed by atoms with E-state index in [1.807, 2.05) is 44.2 Å². The van der Waals surface area contributed by atoms with Gasteiger partial charge >= 0.3 is 0 Å². The zero-order valence-electron chi connectivity index (χ0n) is 24.0. The number of fused-ring (bicyclic) bond motifs is 2. The van der Waals surface area contributed by atoms with Gasteiger partial charge in [0, 0.05) is 36.3 Å². The van der Waals surface area contributed by atoms with Gasteiger partial charge in [0.25, 0.3) is 0 Å². The molecule has 2 unspecified atom stereocenters. The molecule has 4 aromatic rings. The molecule has 11 heteroatoms. The molecule has 1 aliphatic heterocycles. The third kappa shape index (κ3) is 4.99. The van der Waals surface area contributed by atoms with Crippen molar-refractivity contribution in [3.63, 3.8) is 0 Å². The number of pyridine rings is 1. The van der Waals surface area contributed by atoms with Crippen LogP contribution in [0.1, 0.15) is 61.4 Å². The van der Waals surface area contributed by atoms with Crippen LogP contribution < -0.4 is 5.32 Å². The van der Waals surface area contributed by atoms with Crippen LogP contribution in [0, 0.1) is 19.3 Å². The highest BCUT2D eigenvalue weighted by Gasteiger charge is 2.66. The largest absolute Gasteiger partial charge is 0.325 e. The van der Waals surface area contributed by atoms with E-state index in [2.05, 4.69) is 48.2 Å². The minimum absolute atomic E-state index is 0.0134. The number of carbonyl (C=O) groups excluding carboxylic acids is 3. The van der Waals surface area contributed by atoms with Gasteiger partial charge in [-0.3, -0.25) is 19.1 Å². The van der Waals surface area contributed by atoms with Gasteiger partial charge in [-0.15, -0.1) is 0 Å². The number of ketones is 1. The maximum Gasteiger partial charge on any atom is 0.248 e. The molecule has 10 nitrogen and oxygen atoms in total. The van der Waals surface area contributed by atoms with E-state index in [4.69, 9.17) is 0 Å². The number of anilines is 1. The number of likely N-dealkylation sites (tertiary alicyclic amines) is 1. The highest BCUT2D eigenvalue weighted by Crippen LogP contribution is 2.62. The molecule has 0 radical (unpaired) electrons. The third-order valence-electron chi connectivity index (χ3n) is 8.54. The summed E-state index contributed by atoms with van der Waals surface area (Å²) in [7, 11) is 0. The average molecular weight is 631 g/mol. The van der Waals surface area contributed by atoms with Gasteiger partial charge < -0.3 is 10.2 Å². The van der Waals surface area contributed by atoms with Crippen LogP contribution in [0.5, 0.6) is 0 Å². The number of benzene rings is 1. The molecule has 1 saturated carbocycles. The maximum absolute atomic E-state index is 14.0. The second kappa shape index (κ2) is 10.7. The molecule has 3 atom stereocenters. The molecule has 2 fully saturated rings. The number of piperidine rings is 1. The van der Waals surface area contributed by atoms with Crippen LogP contribution >= 0.6 is 15.9 Å². The van der Waals surface area contributed by atoms with Crippen molar-refractivity contribution in [2.45, 2.75) is 72.0 Å². The second-order valence-corrected chi connectivity index (χ2v) is 12.3. The van der Waals surface area contributed by atoms with Crippen LogP contribution in [0.2, 0.25) is 0 Å². The molecule has 3 aromatic heterocycles. The first-order valence-corrected chi connectivity index (χ1v) is 14.9. The Morgan fingerprint density at radius 3 is 2.55 bits per heavy atom. The van der Waals surface area contributed by atoms with Gasteiger partial charge in [-0.25, -0.2) is 15.0 Å². The van der Waals surface area contributed by atoms with E-state index in [-0.39, 0.29) is 35.6 Å². The summed E-state index contributed by atoms with van der Waals surface area (Å²) >= 11 is 3.37. The number of carbonyl (C=O) groups is 3. The number of rotatable bonds is 8. The third-order valence-corrected chi connectivity index (χ3v) is 8.99. The number of hydrogen-bond acceptors (Lipinski definition) is 7. The van der Waals surface area contributed by atoms with Crippen molar-refractivity contribution < 1.29 is 14.4 Å². The Kier molecular flexibility index (Phi) is 7.16. The summed E-state index contributed by atoms with van der Waals surface area (Å²) < 4.78 is 2.21. The van der Waals surface area contributed by atoms with Crippen LogP contribution in [0.25, 0.3) is 22.0 Å². The normalized spacial score (nSPS) is 20.9. The number of aromatic nitrogens is 5. The lowest BCUT2D eigenvalue weighted by Gasteiger charge is -2.27. The summed E-state index contributed by atoms with van der Waals surface area (Å²) in [5.41, 5.74) is 3.45. The molecule has 1 saturated heterocycles. The van der Waals surface area contributed by atoms with E-state index in [0.29, 0.717) is 39.3 Å². The Balaban J connectivity index is 1.30. The van der Waals surface area contributed by atoms with Gasteiger partial charge in [0.15, 0.2) is 5.78 Å². The summed E-state index contributed by atoms with van der Waals surface area (Å²) in [6, 6.07) is 8.78. The lowest BCUT2D eigenvalue weighted by molar-refractivity contribution is -0.138. The molecule has 4 heterocycles. The molecule has 2 aliphatic rings. The number of nitrogens with one attached hydrogen (secondary N) is 1. The smallest absolute Gasteiger partial charge is 0.248 e. The Morgan fingerprint density at radius 1 is 1.07 bits per heavy atom. The predicted molar refractivity (Wildman–Crippen MR) is 162 cm³/mol. The minimum Gasteiger partial charge on any atom is -0.325 e. The van der Waals surface area contributed by atoms with Crippen molar-refractivity contribution in [3.8, 4) is 11.1 Å². The zero-order chi connectivity index (χ0) is 29.8. The molecule has 1 N–H and O–H groups in total. The first kappa shape index (κ1) is 28.1. The molecule has 1 aliphatic carbocycles. The summed E-state index contributed by atoms with van der Waals surface area (Å²) in [6.45, 7) is 7.23. The Hall–Kier alpha value is -3.99. The molecular formula is C31H32BrN7O3. The molecular weight excluding hydrogens is 598 g/mol. The summed E-state index contributed by atoms with van der Waals surface area (Å²) in [6.07, 6.45) is 6.95. The Bertz CT molecular complexity index is 1730. The topological polar surface area (TPSA) is 123 Å². The number of hydrogen-bond donors (Lipinski definition) is 1. The van der Waals surface area contributed by atoms with Crippen LogP contribution in [0.3, 0.4) is 0 Å². The van der Waals surface area contributed by atoms with E-state index >= 15 is 0 Å². The number of amides is 2. The zero-order valence-corrected chi connectivity index (χ0v) is 25.6. The van der Waals surface area contributed by atoms with Crippen LogP contribution in [-0.4, -0.2) is 59.3 Å². The van der Waals surface area contributed by atoms with Crippen molar-refractivity contribution in [3.05, 3.63) is 64.4 Å². The minimum atomic E-state index is -0.606. The van der Waals surface area contributed by atoms with Crippen molar-refractivity contribution in [1.82, 2.24) is 29.6 Å². The standard InChI is InChI=1S/C31H32BrN7O3/c1-5-10-31-12-24(30(42)36-29-17(2)6-9-26(32)35-29)39(25(31)13-31)27(41)16-38-23-8-7-20(21-14-33-19(4)34-15-21)11-22(23)28(37-38)18(3)40/h6-9,11,14-15,24-25H,5,10,12-13,16H2,1-4H3,(H,35,36,42)/t24-,25?,31?/m0/s1. The van der Waals surface area contributed by atoms with Crippen LogP contribution in [0.15, 0.2) is 47.3 Å². The van der Waals surface area contributed by atoms with Gasteiger partial charge in [-0.05, 0) is 83.8 Å². The van der Waals surface area contributed by atoms with Gasteiger partial charge in [-0.1, -0.05) is 25.5 Å². The number of halogens is 1. The molecule has 42 heavy (non-hydrogen) atoms. The number of aryl methyl sites for hydroxylation is 2. The molecule has 0 spiro atoms. The highest BCUT2D eigenvalue weighted by molar-refractivity contribution is 9.10. The number of nitrogens with zero attached hydrogens (tertiary/aromatic N) is 6. The Morgan fingerprint density at radius 2 is 1.83 bits per heavy atom. The van der Waals surface area contributed by atoms with Crippen molar-refractivity contribution >= 4 is 50.2 Å². The summed E-state index contributed by atoms with van der Waals surface area (Å²) in [4.78, 5) is 54.9. The quantitative estimate of drug-likeness (QED) is 0.208. The fraction of sp³-hybridized carbons (Fsp3) is 0.387. The van der Waals surface area contributed by atoms with Gasteiger partial charge in [-0.2, -0.15) is 5.10 Å².